The highest BCUT2D eigenvalue weighted by atomic mass is 15.2. The zero-order chi connectivity index (χ0) is 13.8. The molecule has 1 aromatic heterocycles. The lowest BCUT2D eigenvalue weighted by Crippen LogP contribution is -1.92. The maximum absolute atomic E-state index is 9.38. The van der Waals surface area contributed by atoms with Gasteiger partial charge in [0.1, 0.15) is 11.6 Å². The predicted octanol–water partition coefficient (Wildman–Crippen LogP) is 3.69. The molecule has 0 spiro atoms. The van der Waals surface area contributed by atoms with Crippen molar-refractivity contribution in [3.8, 4) is 17.3 Å². The van der Waals surface area contributed by atoms with E-state index >= 15 is 0 Å². The van der Waals surface area contributed by atoms with Crippen LogP contribution in [0.4, 0.5) is 11.5 Å². The lowest BCUT2D eigenvalue weighted by molar-refractivity contribution is 1.10. The number of rotatable bonds is 3. The summed E-state index contributed by atoms with van der Waals surface area (Å²) < 4.78 is 0. The molecule has 0 saturated heterocycles. The van der Waals surface area contributed by atoms with E-state index in [4.69, 9.17) is 0 Å². The fraction of sp³-hybridized carbons (Fsp3) is 0. The highest BCUT2D eigenvalue weighted by Gasteiger charge is 2.14. The molecular weight excluding hydrogens is 248 g/mol. The molecule has 0 bridgehead atoms. The molecule has 20 heavy (non-hydrogen) atoms. The van der Waals surface area contributed by atoms with E-state index in [1.807, 2.05) is 60.7 Å². The minimum absolute atomic E-state index is 0.514. The van der Waals surface area contributed by atoms with Gasteiger partial charge in [-0.05, 0) is 12.1 Å². The molecule has 0 aliphatic carbocycles. The molecule has 0 saturated carbocycles. The number of benzene rings is 2. The Balaban J connectivity index is 1.99. The van der Waals surface area contributed by atoms with E-state index in [-0.39, 0.29) is 0 Å². The van der Waals surface area contributed by atoms with Crippen LogP contribution < -0.4 is 5.32 Å². The molecule has 0 fully saturated rings. The van der Waals surface area contributed by atoms with Crippen molar-refractivity contribution in [3.05, 3.63) is 66.2 Å². The number of nitrogens with zero attached hydrogens (tertiary/aromatic N) is 2. The minimum Gasteiger partial charge on any atom is -0.338 e. The lowest BCUT2D eigenvalue weighted by Gasteiger charge is -2.02. The van der Waals surface area contributed by atoms with E-state index < -0.39 is 0 Å². The maximum atomic E-state index is 9.38. The third kappa shape index (κ3) is 2.25. The van der Waals surface area contributed by atoms with Crippen LogP contribution in [0.1, 0.15) is 5.56 Å². The second kappa shape index (κ2) is 5.29. The first kappa shape index (κ1) is 12.0. The smallest absolute Gasteiger partial charge is 0.170 e. The van der Waals surface area contributed by atoms with Crippen LogP contribution >= 0.6 is 0 Å². The first-order valence-corrected chi connectivity index (χ1v) is 6.24. The Morgan fingerprint density at radius 3 is 2.25 bits per heavy atom. The number of aromatic nitrogens is 2. The lowest BCUT2D eigenvalue weighted by atomic mass is 10.1. The molecule has 0 radical (unpaired) electrons. The van der Waals surface area contributed by atoms with Gasteiger partial charge in [-0.3, -0.25) is 5.10 Å². The summed E-state index contributed by atoms with van der Waals surface area (Å²) in [5.74, 6) is 0.539. The third-order valence-electron chi connectivity index (χ3n) is 2.98. The van der Waals surface area contributed by atoms with Gasteiger partial charge in [-0.25, -0.2) is 0 Å². The largest absolute Gasteiger partial charge is 0.338 e. The Morgan fingerprint density at radius 1 is 0.950 bits per heavy atom. The molecule has 4 nitrogen and oxygen atoms in total. The van der Waals surface area contributed by atoms with Crippen molar-refractivity contribution >= 4 is 11.5 Å². The molecule has 2 N–H and O–H groups in total. The molecule has 0 aliphatic heterocycles. The number of H-pyrrole nitrogens is 1. The van der Waals surface area contributed by atoms with Gasteiger partial charge < -0.3 is 5.32 Å². The van der Waals surface area contributed by atoms with Crippen LogP contribution in [0.15, 0.2) is 60.7 Å². The highest BCUT2D eigenvalue weighted by molar-refractivity contribution is 5.75. The number of anilines is 2. The fourth-order valence-electron chi connectivity index (χ4n) is 2.01. The van der Waals surface area contributed by atoms with E-state index in [9.17, 15) is 5.26 Å². The molecule has 4 heteroatoms. The van der Waals surface area contributed by atoms with Crippen LogP contribution in [0.3, 0.4) is 0 Å². The summed E-state index contributed by atoms with van der Waals surface area (Å²) in [6.07, 6.45) is 0. The highest BCUT2D eigenvalue weighted by Crippen LogP contribution is 2.27. The van der Waals surface area contributed by atoms with Crippen molar-refractivity contribution in [3.63, 3.8) is 0 Å². The van der Waals surface area contributed by atoms with E-state index in [2.05, 4.69) is 21.6 Å². The van der Waals surface area contributed by atoms with Crippen molar-refractivity contribution in [2.75, 3.05) is 5.32 Å². The second-order valence-corrected chi connectivity index (χ2v) is 4.29. The normalized spacial score (nSPS) is 9.95. The maximum Gasteiger partial charge on any atom is 0.170 e. The Bertz CT molecular complexity index is 739. The monoisotopic (exact) mass is 260 g/mol. The van der Waals surface area contributed by atoms with Crippen molar-refractivity contribution in [2.45, 2.75) is 0 Å². The summed E-state index contributed by atoms with van der Waals surface area (Å²) in [7, 11) is 0. The SMILES string of the molecule is N#Cc1c(Nc2ccccc2)n[nH]c1-c1ccccc1. The van der Waals surface area contributed by atoms with Gasteiger partial charge in [0.25, 0.3) is 0 Å². The van der Waals surface area contributed by atoms with E-state index in [0.29, 0.717) is 11.4 Å². The summed E-state index contributed by atoms with van der Waals surface area (Å²) in [6.45, 7) is 0. The molecule has 3 aromatic rings. The topological polar surface area (TPSA) is 64.5 Å². The fourth-order valence-corrected chi connectivity index (χ4v) is 2.01. The number of nitrogens with one attached hydrogen (secondary N) is 2. The van der Waals surface area contributed by atoms with Gasteiger partial charge in [-0.15, -0.1) is 0 Å². The zero-order valence-corrected chi connectivity index (χ0v) is 10.7. The Morgan fingerprint density at radius 2 is 1.60 bits per heavy atom. The zero-order valence-electron chi connectivity index (χ0n) is 10.7. The third-order valence-corrected chi connectivity index (χ3v) is 2.98. The van der Waals surface area contributed by atoms with Gasteiger partial charge >= 0.3 is 0 Å². The Kier molecular flexibility index (Phi) is 3.17. The quantitative estimate of drug-likeness (QED) is 0.754. The van der Waals surface area contributed by atoms with Crippen molar-refractivity contribution < 1.29 is 0 Å². The first-order valence-electron chi connectivity index (χ1n) is 6.24. The molecule has 2 aromatic carbocycles. The first-order chi connectivity index (χ1) is 9.88. The van der Waals surface area contributed by atoms with E-state index in [0.717, 1.165) is 16.9 Å². The van der Waals surface area contributed by atoms with Crippen LogP contribution in [-0.2, 0) is 0 Å². The second-order valence-electron chi connectivity index (χ2n) is 4.29. The number of hydrogen-bond acceptors (Lipinski definition) is 3. The molecular formula is C16H12N4. The molecule has 3 rings (SSSR count). The minimum atomic E-state index is 0.514. The molecule has 0 amide bonds. The van der Waals surface area contributed by atoms with Gasteiger partial charge in [0.2, 0.25) is 0 Å². The van der Waals surface area contributed by atoms with Crippen molar-refractivity contribution in [1.29, 1.82) is 5.26 Å². The molecule has 1 heterocycles. The van der Waals surface area contributed by atoms with Crippen molar-refractivity contribution in [1.82, 2.24) is 10.2 Å². The number of hydrogen-bond donors (Lipinski definition) is 2. The van der Waals surface area contributed by atoms with Crippen LogP contribution in [0.2, 0.25) is 0 Å². The number of aromatic amines is 1. The molecule has 96 valence electrons. The summed E-state index contributed by atoms with van der Waals surface area (Å²) in [6, 6.07) is 21.6. The molecule has 0 aliphatic rings. The van der Waals surface area contributed by atoms with Crippen LogP contribution in [0.25, 0.3) is 11.3 Å². The van der Waals surface area contributed by atoms with Crippen LogP contribution in [0.5, 0.6) is 0 Å². The Labute approximate surface area is 116 Å². The summed E-state index contributed by atoms with van der Waals surface area (Å²) >= 11 is 0. The molecule has 0 unspecified atom stereocenters. The molecule has 0 atom stereocenters. The van der Waals surface area contributed by atoms with Gasteiger partial charge in [0.15, 0.2) is 5.82 Å². The van der Waals surface area contributed by atoms with Gasteiger partial charge in [-0.1, -0.05) is 48.5 Å². The van der Waals surface area contributed by atoms with E-state index in [1.165, 1.54) is 0 Å². The summed E-state index contributed by atoms with van der Waals surface area (Å²) in [4.78, 5) is 0. The average Bonchev–Trinajstić information content (AvgIpc) is 2.92. The standard InChI is InChI=1S/C16H12N4/c17-11-14-15(12-7-3-1-4-8-12)19-20-16(14)18-13-9-5-2-6-10-13/h1-10H,(H2,18,19,20). The van der Waals surface area contributed by atoms with Crippen LogP contribution in [0, 0.1) is 11.3 Å². The van der Waals surface area contributed by atoms with Crippen LogP contribution in [-0.4, -0.2) is 10.2 Å². The van der Waals surface area contributed by atoms with Gasteiger partial charge in [0.05, 0.1) is 5.69 Å². The van der Waals surface area contributed by atoms with E-state index in [1.54, 1.807) is 0 Å². The number of nitriles is 1. The Hall–Kier alpha value is -3.06. The number of para-hydroxylation sites is 1. The summed E-state index contributed by atoms with van der Waals surface area (Å²) in [5, 5.41) is 19.7. The van der Waals surface area contributed by atoms with Gasteiger partial charge in [0, 0.05) is 11.3 Å². The average molecular weight is 260 g/mol. The van der Waals surface area contributed by atoms with Gasteiger partial charge in [-0.2, -0.15) is 10.4 Å². The van der Waals surface area contributed by atoms with Crippen molar-refractivity contribution in [2.24, 2.45) is 0 Å². The summed E-state index contributed by atoms with van der Waals surface area (Å²) in [5.41, 5.74) is 3.08. The predicted molar refractivity (Wildman–Crippen MR) is 78.5 cm³/mol.